The zero-order chi connectivity index (χ0) is 15.5. The van der Waals surface area contributed by atoms with E-state index in [0.29, 0.717) is 18.0 Å². The molecule has 1 saturated carbocycles. The predicted octanol–water partition coefficient (Wildman–Crippen LogP) is 3.14. The van der Waals surface area contributed by atoms with Crippen LogP contribution in [0.3, 0.4) is 0 Å². The summed E-state index contributed by atoms with van der Waals surface area (Å²) in [4.78, 5) is 26.2. The number of anilines is 1. The van der Waals surface area contributed by atoms with Crippen LogP contribution in [-0.4, -0.2) is 24.4 Å². The van der Waals surface area contributed by atoms with E-state index >= 15 is 0 Å². The first-order chi connectivity index (χ1) is 10.6. The number of carbonyl (C=O) groups excluding carboxylic acids is 2. The third-order valence-corrected chi connectivity index (χ3v) is 4.84. The van der Waals surface area contributed by atoms with Gasteiger partial charge in [-0.2, -0.15) is 0 Å². The zero-order valence-corrected chi connectivity index (χ0v) is 13.3. The molecule has 22 heavy (non-hydrogen) atoms. The second-order valence-corrected chi connectivity index (χ2v) is 6.66. The lowest BCUT2D eigenvalue weighted by atomic mass is 9.88. The van der Waals surface area contributed by atoms with Crippen LogP contribution in [0.5, 0.6) is 0 Å². The summed E-state index contributed by atoms with van der Waals surface area (Å²) in [6, 6.07) is 7.14. The van der Waals surface area contributed by atoms with Gasteiger partial charge in [0, 0.05) is 29.6 Å². The fourth-order valence-electron chi connectivity index (χ4n) is 3.36. The highest BCUT2D eigenvalue weighted by Crippen LogP contribution is 2.26. The number of rotatable bonds is 3. The number of hydrogen-bond donors (Lipinski definition) is 1. The van der Waals surface area contributed by atoms with Gasteiger partial charge in [-0.25, -0.2) is 0 Å². The molecule has 1 aromatic rings. The van der Waals surface area contributed by atoms with Crippen LogP contribution in [0.15, 0.2) is 24.3 Å². The van der Waals surface area contributed by atoms with E-state index in [1.807, 2.05) is 12.1 Å². The van der Waals surface area contributed by atoms with Gasteiger partial charge in [0.15, 0.2) is 0 Å². The number of nitrogens with one attached hydrogen (secondary N) is 1. The number of hydrogen-bond acceptors (Lipinski definition) is 2. The van der Waals surface area contributed by atoms with Crippen molar-refractivity contribution in [1.29, 1.82) is 0 Å². The van der Waals surface area contributed by atoms with Gasteiger partial charge in [0.25, 0.3) is 0 Å². The van der Waals surface area contributed by atoms with Gasteiger partial charge in [-0.3, -0.25) is 9.59 Å². The summed E-state index contributed by atoms with van der Waals surface area (Å²) in [6.45, 7) is 0.541. The van der Waals surface area contributed by atoms with Gasteiger partial charge < -0.3 is 10.2 Å². The Morgan fingerprint density at radius 3 is 2.50 bits per heavy atom. The molecule has 1 atom stereocenters. The molecule has 0 radical (unpaired) electrons. The number of amides is 2. The van der Waals surface area contributed by atoms with Crippen LogP contribution in [0.4, 0.5) is 5.69 Å². The average molecular weight is 321 g/mol. The Kier molecular flexibility index (Phi) is 4.67. The molecular weight excluding hydrogens is 300 g/mol. The third-order valence-electron chi connectivity index (χ3n) is 4.59. The molecule has 2 aliphatic rings. The molecule has 1 saturated heterocycles. The molecule has 0 aromatic heterocycles. The standard InChI is InChI=1S/C17H21ClN2O2/c18-13-6-8-15(9-7-13)20-11-14(10-16(20)21)19-17(22)12-4-2-1-3-5-12/h6-9,12,14H,1-5,10-11H2,(H,19,22)/t14-/m1/s1. The van der Waals surface area contributed by atoms with Crippen molar-refractivity contribution < 1.29 is 9.59 Å². The van der Waals surface area contributed by atoms with Gasteiger partial charge >= 0.3 is 0 Å². The van der Waals surface area contributed by atoms with Gasteiger partial charge in [-0.1, -0.05) is 30.9 Å². The van der Waals surface area contributed by atoms with Crippen molar-refractivity contribution in [2.75, 3.05) is 11.4 Å². The molecule has 1 aliphatic carbocycles. The van der Waals surface area contributed by atoms with E-state index in [2.05, 4.69) is 5.32 Å². The lowest BCUT2D eigenvalue weighted by Crippen LogP contribution is -2.41. The van der Waals surface area contributed by atoms with E-state index in [1.165, 1.54) is 6.42 Å². The number of carbonyl (C=O) groups is 2. The highest BCUT2D eigenvalue weighted by Gasteiger charge is 2.33. The first-order valence-corrected chi connectivity index (χ1v) is 8.37. The van der Waals surface area contributed by atoms with Crippen molar-refractivity contribution in [1.82, 2.24) is 5.32 Å². The molecule has 0 bridgehead atoms. The second-order valence-electron chi connectivity index (χ2n) is 6.23. The monoisotopic (exact) mass is 320 g/mol. The largest absolute Gasteiger partial charge is 0.351 e. The zero-order valence-electron chi connectivity index (χ0n) is 12.6. The highest BCUT2D eigenvalue weighted by atomic mass is 35.5. The van der Waals surface area contributed by atoms with Gasteiger partial charge in [-0.15, -0.1) is 0 Å². The van der Waals surface area contributed by atoms with Crippen LogP contribution in [0.25, 0.3) is 0 Å². The summed E-state index contributed by atoms with van der Waals surface area (Å²) >= 11 is 5.88. The normalized spacial score (nSPS) is 22.9. The summed E-state index contributed by atoms with van der Waals surface area (Å²) in [7, 11) is 0. The minimum atomic E-state index is -0.0856. The first-order valence-electron chi connectivity index (χ1n) is 8.00. The van der Waals surface area contributed by atoms with Crippen LogP contribution in [0.2, 0.25) is 5.02 Å². The van der Waals surface area contributed by atoms with Crippen molar-refractivity contribution in [3.8, 4) is 0 Å². The Hall–Kier alpha value is -1.55. The van der Waals surface area contributed by atoms with E-state index < -0.39 is 0 Å². The summed E-state index contributed by atoms with van der Waals surface area (Å²) in [5.74, 6) is 0.306. The Morgan fingerprint density at radius 1 is 1.14 bits per heavy atom. The molecule has 1 heterocycles. The number of nitrogens with zero attached hydrogens (tertiary/aromatic N) is 1. The SMILES string of the molecule is O=C(N[C@@H]1CC(=O)N(c2ccc(Cl)cc2)C1)C1CCCCC1. The molecule has 0 spiro atoms. The van der Waals surface area contributed by atoms with Crippen molar-refractivity contribution in [2.45, 2.75) is 44.6 Å². The maximum Gasteiger partial charge on any atom is 0.229 e. The first kappa shape index (κ1) is 15.3. The van der Waals surface area contributed by atoms with Crippen LogP contribution in [0.1, 0.15) is 38.5 Å². The fraction of sp³-hybridized carbons (Fsp3) is 0.529. The van der Waals surface area contributed by atoms with Crippen LogP contribution in [-0.2, 0) is 9.59 Å². The van der Waals surface area contributed by atoms with Gasteiger partial charge in [0.05, 0.1) is 6.04 Å². The fourth-order valence-corrected chi connectivity index (χ4v) is 3.48. The Balaban J connectivity index is 1.59. The van der Waals surface area contributed by atoms with Gasteiger partial charge in [0.2, 0.25) is 11.8 Å². The summed E-state index contributed by atoms with van der Waals surface area (Å²) in [6.07, 6.45) is 5.84. The van der Waals surface area contributed by atoms with Crippen LogP contribution < -0.4 is 10.2 Å². The molecule has 1 aliphatic heterocycles. The number of benzene rings is 1. The molecule has 3 rings (SSSR count). The minimum absolute atomic E-state index is 0.0521. The van der Waals surface area contributed by atoms with Crippen LogP contribution in [0, 0.1) is 5.92 Å². The molecule has 118 valence electrons. The average Bonchev–Trinajstić information content (AvgIpc) is 2.89. The van der Waals surface area contributed by atoms with E-state index in [0.717, 1.165) is 31.4 Å². The minimum Gasteiger partial charge on any atom is -0.351 e. The van der Waals surface area contributed by atoms with Crippen molar-refractivity contribution in [3.63, 3.8) is 0 Å². The van der Waals surface area contributed by atoms with Gasteiger partial charge in [-0.05, 0) is 37.1 Å². The van der Waals surface area contributed by atoms with Crippen molar-refractivity contribution in [3.05, 3.63) is 29.3 Å². The molecule has 2 fully saturated rings. The number of halogens is 1. The van der Waals surface area contributed by atoms with E-state index in [4.69, 9.17) is 11.6 Å². The summed E-state index contributed by atoms with van der Waals surface area (Å²) < 4.78 is 0. The van der Waals surface area contributed by atoms with E-state index in [-0.39, 0.29) is 23.8 Å². The van der Waals surface area contributed by atoms with Crippen LogP contribution >= 0.6 is 11.6 Å². The van der Waals surface area contributed by atoms with Gasteiger partial charge in [0.1, 0.15) is 0 Å². The maximum atomic E-state index is 12.3. The highest BCUT2D eigenvalue weighted by molar-refractivity contribution is 6.30. The molecule has 4 nitrogen and oxygen atoms in total. The lowest BCUT2D eigenvalue weighted by molar-refractivity contribution is -0.126. The smallest absolute Gasteiger partial charge is 0.229 e. The summed E-state index contributed by atoms with van der Waals surface area (Å²) in [5, 5.41) is 3.71. The maximum absolute atomic E-state index is 12.3. The Bertz CT molecular complexity index is 552. The molecule has 5 heteroatoms. The molecule has 2 amide bonds. The van der Waals surface area contributed by atoms with E-state index in [1.54, 1.807) is 17.0 Å². The molecule has 0 unspecified atom stereocenters. The van der Waals surface area contributed by atoms with E-state index in [9.17, 15) is 9.59 Å². The second kappa shape index (κ2) is 6.69. The predicted molar refractivity (Wildman–Crippen MR) is 86.9 cm³/mol. The van der Waals surface area contributed by atoms with Crippen molar-refractivity contribution >= 4 is 29.1 Å². The molecular formula is C17H21ClN2O2. The lowest BCUT2D eigenvalue weighted by Gasteiger charge is -2.23. The summed E-state index contributed by atoms with van der Waals surface area (Å²) in [5.41, 5.74) is 0.837. The van der Waals surface area contributed by atoms with Crippen molar-refractivity contribution in [2.24, 2.45) is 5.92 Å². The Morgan fingerprint density at radius 2 is 1.82 bits per heavy atom. The third kappa shape index (κ3) is 3.43. The molecule has 1 aromatic carbocycles. The Labute approximate surface area is 135 Å². The topological polar surface area (TPSA) is 49.4 Å². The molecule has 1 N–H and O–H groups in total. The quantitative estimate of drug-likeness (QED) is 0.930.